The van der Waals surface area contributed by atoms with E-state index in [0.29, 0.717) is 36.4 Å². The van der Waals surface area contributed by atoms with Gasteiger partial charge in [-0.1, -0.05) is 33.1 Å². The van der Waals surface area contributed by atoms with Crippen LogP contribution in [-0.4, -0.2) is 28.3 Å². The zero-order valence-corrected chi connectivity index (χ0v) is 19.2. The van der Waals surface area contributed by atoms with Gasteiger partial charge in [-0.3, -0.25) is 15.1 Å². The lowest BCUT2D eigenvalue weighted by Crippen LogP contribution is -2.34. The maximum absolute atomic E-state index is 12.7. The van der Waals surface area contributed by atoms with Crippen molar-refractivity contribution in [2.24, 2.45) is 0 Å². The first kappa shape index (κ1) is 24.5. The molecule has 0 unspecified atom stereocenters. The second kappa shape index (κ2) is 13.5. The van der Waals surface area contributed by atoms with E-state index in [1.807, 2.05) is 24.3 Å². The zero-order valence-electron chi connectivity index (χ0n) is 18.4. The van der Waals surface area contributed by atoms with Crippen molar-refractivity contribution in [1.29, 1.82) is 5.41 Å². The molecule has 0 aliphatic carbocycles. The Morgan fingerprint density at radius 3 is 2.58 bits per heavy atom. The van der Waals surface area contributed by atoms with Crippen LogP contribution < -0.4 is 15.4 Å². The Morgan fingerprint density at radius 2 is 1.87 bits per heavy atom. The van der Waals surface area contributed by atoms with Crippen molar-refractivity contribution in [3.05, 3.63) is 53.9 Å². The summed E-state index contributed by atoms with van der Waals surface area (Å²) in [5.74, 6) is 0.503. The Morgan fingerprint density at radius 1 is 1.10 bits per heavy atom. The van der Waals surface area contributed by atoms with Gasteiger partial charge < -0.3 is 15.5 Å². The first-order chi connectivity index (χ1) is 15.0. The van der Waals surface area contributed by atoms with Gasteiger partial charge in [0.2, 0.25) is 0 Å². The van der Waals surface area contributed by atoms with Crippen LogP contribution in [0.2, 0.25) is 0 Å². The summed E-state index contributed by atoms with van der Waals surface area (Å²) in [6.07, 6.45) is 7.90. The number of hydrogen-bond acceptors (Lipinski definition) is 5. The number of anilines is 1. The number of nitrogens with one attached hydrogen (secondary N) is 3. The summed E-state index contributed by atoms with van der Waals surface area (Å²) in [4.78, 5) is 17.0. The summed E-state index contributed by atoms with van der Waals surface area (Å²) < 4.78 is 5.71. The van der Waals surface area contributed by atoms with Crippen LogP contribution in [0.4, 0.5) is 5.69 Å². The maximum Gasteiger partial charge on any atom is 0.259 e. The number of aromatic nitrogens is 1. The quantitative estimate of drug-likeness (QED) is 0.229. The predicted octanol–water partition coefficient (Wildman–Crippen LogP) is 5.53. The normalized spacial score (nSPS) is 10.4. The molecule has 0 fully saturated rings. The number of unbranched alkanes of at least 4 members (excludes halogenated alkanes) is 2. The minimum atomic E-state index is -0.307. The average Bonchev–Trinajstić information content (AvgIpc) is 2.76. The molecule has 0 atom stereocenters. The molecule has 0 spiro atoms. The first-order valence-electron chi connectivity index (χ1n) is 10.9. The Bertz CT molecular complexity index is 868. The lowest BCUT2D eigenvalue weighted by Gasteiger charge is -2.12. The molecule has 1 heterocycles. The molecule has 1 aromatic carbocycles. The molecule has 0 aliphatic rings. The molecule has 2 aromatic rings. The molecule has 1 aromatic heterocycles. The summed E-state index contributed by atoms with van der Waals surface area (Å²) in [6.45, 7) is 4.92. The van der Waals surface area contributed by atoms with Crippen molar-refractivity contribution in [3.63, 3.8) is 0 Å². The highest BCUT2D eigenvalue weighted by Gasteiger charge is 2.14. The molecular weight excluding hydrogens is 408 g/mol. The van der Waals surface area contributed by atoms with E-state index in [1.54, 1.807) is 18.3 Å². The van der Waals surface area contributed by atoms with Gasteiger partial charge in [0.25, 0.3) is 5.91 Å². The zero-order chi connectivity index (χ0) is 22.5. The average molecular weight is 441 g/mol. The van der Waals surface area contributed by atoms with Gasteiger partial charge in [-0.05, 0) is 74.3 Å². The second-order valence-corrected chi connectivity index (χ2v) is 7.75. The number of amides is 1. The van der Waals surface area contributed by atoms with Gasteiger partial charge in [0.1, 0.15) is 5.75 Å². The van der Waals surface area contributed by atoms with Crippen LogP contribution in [0.25, 0.3) is 0 Å². The van der Waals surface area contributed by atoms with E-state index in [4.69, 9.17) is 22.4 Å². The van der Waals surface area contributed by atoms with Crippen LogP contribution >= 0.6 is 12.2 Å². The number of thiocarbonyl (C=S) groups is 1. The van der Waals surface area contributed by atoms with Crippen LogP contribution in [0.1, 0.15) is 68.4 Å². The summed E-state index contributed by atoms with van der Waals surface area (Å²) in [6, 6.07) is 10.9. The molecular formula is C24H32N4O2S. The second-order valence-electron chi connectivity index (χ2n) is 7.34. The van der Waals surface area contributed by atoms with Gasteiger partial charge >= 0.3 is 0 Å². The van der Waals surface area contributed by atoms with Gasteiger partial charge in [-0.25, -0.2) is 0 Å². The number of benzene rings is 1. The summed E-state index contributed by atoms with van der Waals surface area (Å²) in [5, 5.41) is 13.9. The highest BCUT2D eigenvalue weighted by molar-refractivity contribution is 7.80. The smallest absolute Gasteiger partial charge is 0.259 e. The monoisotopic (exact) mass is 440 g/mol. The predicted molar refractivity (Wildman–Crippen MR) is 130 cm³/mol. The van der Waals surface area contributed by atoms with Gasteiger partial charge in [0, 0.05) is 17.6 Å². The number of ether oxygens (including phenoxy) is 1. The molecule has 0 bridgehead atoms. The molecule has 0 aliphatic heterocycles. The van der Waals surface area contributed by atoms with E-state index in [0.717, 1.165) is 37.1 Å². The highest BCUT2D eigenvalue weighted by Crippen LogP contribution is 2.16. The number of pyridine rings is 1. The van der Waals surface area contributed by atoms with Crippen LogP contribution in [0.15, 0.2) is 42.6 Å². The Hall–Kier alpha value is -2.80. The van der Waals surface area contributed by atoms with Crippen molar-refractivity contribution >= 4 is 34.6 Å². The van der Waals surface area contributed by atoms with Crippen LogP contribution in [0.3, 0.4) is 0 Å². The molecule has 166 valence electrons. The number of carbonyl (C=O) groups is 1. The van der Waals surface area contributed by atoms with E-state index in [2.05, 4.69) is 29.5 Å². The Kier molecular flexibility index (Phi) is 10.6. The summed E-state index contributed by atoms with van der Waals surface area (Å²) >= 11 is 5.30. The first-order valence-corrected chi connectivity index (χ1v) is 11.3. The molecule has 0 radical (unpaired) electrons. The fraction of sp³-hybridized carbons (Fsp3) is 0.417. The standard InChI is InChI=1S/C24H32N4O2S/c1-3-5-6-17-30-20-13-11-19(12-14-20)27-24(31)28-23(29)21-9-7-16-26-22(21)15-10-18(25)8-4-2/h7,9,11-14,16,25H,3-6,8,10,15,17H2,1-2H3,(H2,27,28,29,31). The van der Waals surface area contributed by atoms with Crippen molar-refractivity contribution < 1.29 is 9.53 Å². The number of aryl methyl sites for hydroxylation is 1. The van der Waals surface area contributed by atoms with E-state index < -0.39 is 0 Å². The fourth-order valence-corrected chi connectivity index (χ4v) is 3.26. The minimum absolute atomic E-state index is 0.218. The Labute approximate surface area is 190 Å². The SMILES string of the molecule is CCCCCOc1ccc(NC(=S)NC(=O)c2cccnc2CCC(=N)CCC)cc1. The van der Waals surface area contributed by atoms with Crippen molar-refractivity contribution in [2.45, 2.75) is 58.8 Å². The van der Waals surface area contributed by atoms with Crippen molar-refractivity contribution in [1.82, 2.24) is 10.3 Å². The third kappa shape index (κ3) is 8.84. The number of hydrogen-bond donors (Lipinski definition) is 3. The van der Waals surface area contributed by atoms with E-state index in [9.17, 15) is 4.79 Å². The maximum atomic E-state index is 12.7. The van der Waals surface area contributed by atoms with E-state index in [1.165, 1.54) is 6.42 Å². The van der Waals surface area contributed by atoms with Gasteiger partial charge in [-0.15, -0.1) is 0 Å². The minimum Gasteiger partial charge on any atom is -0.494 e. The van der Waals surface area contributed by atoms with Crippen molar-refractivity contribution in [2.75, 3.05) is 11.9 Å². The third-order valence-corrected chi connectivity index (χ3v) is 4.91. The topological polar surface area (TPSA) is 87.1 Å². The molecule has 31 heavy (non-hydrogen) atoms. The lowest BCUT2D eigenvalue weighted by molar-refractivity contribution is 0.0976. The van der Waals surface area contributed by atoms with Crippen LogP contribution in [0.5, 0.6) is 5.75 Å². The molecule has 1 amide bonds. The summed E-state index contributed by atoms with van der Waals surface area (Å²) in [5.41, 5.74) is 2.60. The molecule has 6 nitrogen and oxygen atoms in total. The van der Waals surface area contributed by atoms with Crippen LogP contribution in [0, 0.1) is 5.41 Å². The number of carbonyl (C=O) groups excluding carboxylic acids is 1. The highest BCUT2D eigenvalue weighted by atomic mass is 32.1. The van der Waals surface area contributed by atoms with Gasteiger partial charge in [-0.2, -0.15) is 0 Å². The summed E-state index contributed by atoms with van der Waals surface area (Å²) in [7, 11) is 0. The third-order valence-electron chi connectivity index (χ3n) is 4.71. The largest absolute Gasteiger partial charge is 0.494 e. The molecule has 2 rings (SSSR count). The van der Waals surface area contributed by atoms with E-state index >= 15 is 0 Å². The fourth-order valence-electron chi connectivity index (χ4n) is 3.05. The Balaban J connectivity index is 1.88. The van der Waals surface area contributed by atoms with Crippen molar-refractivity contribution in [3.8, 4) is 5.75 Å². The van der Waals surface area contributed by atoms with E-state index in [-0.39, 0.29) is 11.0 Å². The lowest BCUT2D eigenvalue weighted by atomic mass is 10.0. The number of rotatable bonds is 12. The number of nitrogens with zero attached hydrogens (tertiary/aromatic N) is 1. The van der Waals surface area contributed by atoms with Gasteiger partial charge in [0.15, 0.2) is 5.11 Å². The van der Waals surface area contributed by atoms with Gasteiger partial charge in [0.05, 0.1) is 17.9 Å². The molecule has 3 N–H and O–H groups in total. The molecule has 0 saturated carbocycles. The molecule has 7 heteroatoms. The van der Waals surface area contributed by atoms with Crippen LogP contribution in [-0.2, 0) is 6.42 Å². The molecule has 0 saturated heterocycles.